The number of likely N-dealkylation sites (N-methyl/N-ethyl adjacent to an activating group) is 1. The molecule has 3 aromatic rings. The van der Waals surface area contributed by atoms with Crippen molar-refractivity contribution in [2.75, 3.05) is 62.5 Å². The molecule has 1 aromatic heterocycles. The molecule has 9 heteroatoms. The quantitative estimate of drug-likeness (QED) is 0.452. The molecule has 0 saturated heterocycles. The van der Waals surface area contributed by atoms with Crippen molar-refractivity contribution in [2.45, 2.75) is 13.8 Å². The molecule has 0 unspecified atom stereocenters. The zero-order chi connectivity index (χ0) is 26.5. The highest BCUT2D eigenvalue weighted by molar-refractivity contribution is 6.13. The molecule has 0 saturated carbocycles. The highest BCUT2D eigenvalue weighted by atomic mass is 16.5. The maximum atomic E-state index is 13.1. The average molecular weight is 503 g/mol. The molecule has 1 aliphatic rings. The van der Waals surface area contributed by atoms with Gasteiger partial charge in [-0.3, -0.25) is 9.59 Å². The van der Waals surface area contributed by atoms with Crippen LogP contribution in [0.2, 0.25) is 0 Å². The van der Waals surface area contributed by atoms with Crippen LogP contribution >= 0.6 is 0 Å². The number of hydrogen-bond donors (Lipinski definition) is 2. The monoisotopic (exact) mass is 502 g/mol. The molecule has 0 spiro atoms. The lowest BCUT2D eigenvalue weighted by Gasteiger charge is -2.23. The number of ether oxygens (including phenoxy) is 1. The molecular weight excluding hydrogens is 468 g/mol. The van der Waals surface area contributed by atoms with Crippen LogP contribution in [-0.2, 0) is 0 Å². The Kier molecular flexibility index (Phi) is 7.93. The molecular formula is C28H34N6O3. The van der Waals surface area contributed by atoms with Gasteiger partial charge in [0.2, 0.25) is 0 Å². The van der Waals surface area contributed by atoms with E-state index in [1.165, 1.54) is 0 Å². The number of benzene rings is 2. The summed E-state index contributed by atoms with van der Waals surface area (Å²) in [6, 6.07) is 14.8. The number of amides is 2. The lowest BCUT2D eigenvalue weighted by Crippen LogP contribution is -2.34. The van der Waals surface area contributed by atoms with E-state index in [9.17, 15) is 9.59 Å². The van der Waals surface area contributed by atoms with Crippen LogP contribution in [0.1, 0.15) is 34.6 Å². The van der Waals surface area contributed by atoms with Crippen LogP contribution in [0.5, 0.6) is 5.75 Å². The van der Waals surface area contributed by atoms with Gasteiger partial charge in [-0.1, -0.05) is 32.0 Å². The molecule has 194 valence electrons. The van der Waals surface area contributed by atoms with Crippen molar-refractivity contribution < 1.29 is 14.3 Å². The fraction of sp³-hybridized carbons (Fsp3) is 0.321. The number of hydrogen-bond acceptors (Lipinski definition) is 7. The van der Waals surface area contributed by atoms with Crippen LogP contribution < -0.4 is 25.2 Å². The predicted molar refractivity (Wildman–Crippen MR) is 148 cm³/mol. The van der Waals surface area contributed by atoms with Crippen molar-refractivity contribution in [3.63, 3.8) is 0 Å². The molecule has 2 N–H and O–H groups in total. The topological polar surface area (TPSA) is 90.0 Å². The Morgan fingerprint density at radius 3 is 2.49 bits per heavy atom. The summed E-state index contributed by atoms with van der Waals surface area (Å²) in [6.07, 6.45) is 1.67. The van der Waals surface area contributed by atoms with Gasteiger partial charge in [0.1, 0.15) is 5.82 Å². The minimum Gasteiger partial charge on any atom is -0.494 e. The van der Waals surface area contributed by atoms with Crippen molar-refractivity contribution in [3.05, 3.63) is 65.9 Å². The van der Waals surface area contributed by atoms with E-state index in [0.29, 0.717) is 40.6 Å². The third-order valence-electron chi connectivity index (χ3n) is 6.72. The predicted octanol–water partition coefficient (Wildman–Crippen LogP) is 4.26. The van der Waals surface area contributed by atoms with E-state index in [1.54, 1.807) is 31.3 Å². The highest BCUT2D eigenvalue weighted by Crippen LogP contribution is 2.40. The van der Waals surface area contributed by atoms with E-state index >= 15 is 0 Å². The second kappa shape index (κ2) is 11.3. The minimum atomic E-state index is -0.195. The maximum absolute atomic E-state index is 13.1. The molecule has 0 atom stereocenters. The van der Waals surface area contributed by atoms with Crippen LogP contribution in [0.4, 0.5) is 28.6 Å². The summed E-state index contributed by atoms with van der Waals surface area (Å²) in [4.78, 5) is 36.4. The number of anilines is 5. The molecule has 9 nitrogen and oxygen atoms in total. The molecule has 2 aromatic carbocycles. The van der Waals surface area contributed by atoms with Crippen LogP contribution in [0, 0.1) is 0 Å². The normalized spacial score (nSPS) is 12.6. The van der Waals surface area contributed by atoms with E-state index in [4.69, 9.17) is 4.74 Å². The SMILES string of the molecule is CCN(CC)CCNC(=O)c1cccc(Nc2cc3c(cn2)N(C)C(=O)c2ccccc2N3C)c1OC. The first-order valence-corrected chi connectivity index (χ1v) is 12.4. The molecule has 0 radical (unpaired) electrons. The lowest BCUT2D eigenvalue weighted by atomic mass is 10.1. The van der Waals surface area contributed by atoms with Crippen LogP contribution in [-0.4, -0.2) is 69.1 Å². The van der Waals surface area contributed by atoms with E-state index in [-0.39, 0.29) is 11.8 Å². The van der Waals surface area contributed by atoms with Gasteiger partial charge in [0.05, 0.1) is 47.2 Å². The number of carbonyl (C=O) groups excluding carboxylic acids is 2. The van der Waals surface area contributed by atoms with Gasteiger partial charge in [-0.05, 0) is 37.4 Å². The Bertz CT molecular complexity index is 1290. The lowest BCUT2D eigenvalue weighted by molar-refractivity contribution is 0.0944. The van der Waals surface area contributed by atoms with Crippen molar-refractivity contribution in [3.8, 4) is 5.75 Å². The summed E-state index contributed by atoms with van der Waals surface area (Å²) in [5.41, 5.74) is 4.02. The Balaban J connectivity index is 1.60. The number of aromatic nitrogens is 1. The summed E-state index contributed by atoms with van der Waals surface area (Å²) in [5.74, 6) is 0.706. The molecule has 0 aliphatic carbocycles. The second-order valence-electron chi connectivity index (χ2n) is 8.79. The van der Waals surface area contributed by atoms with Gasteiger partial charge in [0, 0.05) is 33.3 Å². The first-order chi connectivity index (χ1) is 17.9. The van der Waals surface area contributed by atoms with E-state index in [1.807, 2.05) is 54.4 Å². The van der Waals surface area contributed by atoms with E-state index < -0.39 is 0 Å². The van der Waals surface area contributed by atoms with Crippen molar-refractivity contribution in [1.82, 2.24) is 15.2 Å². The summed E-state index contributed by atoms with van der Waals surface area (Å²) in [6.45, 7) is 7.42. The molecule has 4 rings (SSSR count). The Morgan fingerprint density at radius 1 is 1.00 bits per heavy atom. The molecule has 37 heavy (non-hydrogen) atoms. The molecule has 0 fully saturated rings. The summed E-state index contributed by atoms with van der Waals surface area (Å²) in [5, 5.41) is 6.29. The fourth-order valence-electron chi connectivity index (χ4n) is 4.53. The maximum Gasteiger partial charge on any atom is 0.260 e. The van der Waals surface area contributed by atoms with Gasteiger partial charge in [-0.2, -0.15) is 0 Å². The first kappa shape index (κ1) is 26.0. The average Bonchev–Trinajstić information content (AvgIpc) is 3.00. The molecule has 2 amide bonds. The van der Waals surface area contributed by atoms with Crippen LogP contribution in [0.25, 0.3) is 0 Å². The van der Waals surface area contributed by atoms with Crippen LogP contribution in [0.15, 0.2) is 54.7 Å². The van der Waals surface area contributed by atoms with Gasteiger partial charge < -0.3 is 30.1 Å². The fourth-order valence-corrected chi connectivity index (χ4v) is 4.53. The largest absolute Gasteiger partial charge is 0.494 e. The number of methoxy groups -OCH3 is 1. The number of para-hydroxylation sites is 2. The Labute approximate surface area is 218 Å². The number of nitrogens with zero attached hydrogens (tertiary/aromatic N) is 4. The summed E-state index contributed by atoms with van der Waals surface area (Å²) < 4.78 is 5.65. The van der Waals surface area contributed by atoms with Crippen molar-refractivity contribution in [2.24, 2.45) is 0 Å². The van der Waals surface area contributed by atoms with Gasteiger partial charge in [0.25, 0.3) is 11.8 Å². The van der Waals surface area contributed by atoms with Crippen molar-refractivity contribution in [1.29, 1.82) is 0 Å². The van der Waals surface area contributed by atoms with Gasteiger partial charge in [-0.15, -0.1) is 0 Å². The first-order valence-electron chi connectivity index (χ1n) is 12.4. The number of carbonyl (C=O) groups is 2. The molecule has 1 aliphatic heterocycles. The van der Waals surface area contributed by atoms with Gasteiger partial charge in [0.15, 0.2) is 5.75 Å². The second-order valence-corrected chi connectivity index (χ2v) is 8.79. The Hall–Kier alpha value is -4.11. The minimum absolute atomic E-state index is 0.0925. The van der Waals surface area contributed by atoms with Crippen molar-refractivity contribution >= 4 is 40.4 Å². The van der Waals surface area contributed by atoms with E-state index in [2.05, 4.69) is 34.4 Å². The van der Waals surface area contributed by atoms with Gasteiger partial charge in [-0.25, -0.2) is 4.98 Å². The third kappa shape index (κ3) is 5.22. The molecule has 0 bridgehead atoms. The zero-order valence-corrected chi connectivity index (χ0v) is 22.0. The number of nitrogens with one attached hydrogen (secondary N) is 2. The Morgan fingerprint density at radius 2 is 1.76 bits per heavy atom. The van der Waals surface area contributed by atoms with Crippen LogP contribution in [0.3, 0.4) is 0 Å². The van der Waals surface area contributed by atoms with E-state index in [0.717, 1.165) is 31.0 Å². The number of rotatable bonds is 9. The number of fused-ring (bicyclic) bond motifs is 2. The third-order valence-corrected chi connectivity index (χ3v) is 6.72. The van der Waals surface area contributed by atoms with Gasteiger partial charge >= 0.3 is 0 Å². The smallest absolute Gasteiger partial charge is 0.260 e. The summed E-state index contributed by atoms with van der Waals surface area (Å²) >= 11 is 0. The zero-order valence-electron chi connectivity index (χ0n) is 22.0. The number of pyridine rings is 1. The summed E-state index contributed by atoms with van der Waals surface area (Å²) in [7, 11) is 5.22. The molecule has 2 heterocycles. The standard InChI is InChI=1S/C28H34N6O3/c1-6-34(7-2)16-15-29-27(35)20-12-10-13-21(26(20)37-5)31-25-17-23-24(18-30-25)33(4)28(36)19-11-8-9-14-22(19)32(23)3/h8-14,17-18H,6-7,15-16H2,1-5H3,(H,29,35)(H,30,31). The highest BCUT2D eigenvalue weighted by Gasteiger charge is 2.28.